The second-order valence-corrected chi connectivity index (χ2v) is 4.53. The van der Waals surface area contributed by atoms with Gasteiger partial charge in [-0.25, -0.2) is 0 Å². The molecule has 0 atom stereocenters. The summed E-state index contributed by atoms with van der Waals surface area (Å²) in [5.74, 6) is 1.58. The van der Waals surface area contributed by atoms with Gasteiger partial charge in [-0.1, -0.05) is 0 Å². The zero-order valence-corrected chi connectivity index (χ0v) is 10.9. The lowest BCUT2D eigenvalue weighted by atomic mass is 10.1. The first-order valence-corrected chi connectivity index (χ1v) is 5.97. The van der Waals surface area contributed by atoms with Crippen LogP contribution >= 0.6 is 0 Å². The molecule has 92 valence electrons. The van der Waals surface area contributed by atoms with E-state index in [-0.39, 0.29) is 0 Å². The van der Waals surface area contributed by atoms with Gasteiger partial charge in [0.15, 0.2) is 11.5 Å². The Hall–Kier alpha value is -1.51. The summed E-state index contributed by atoms with van der Waals surface area (Å²) in [6.45, 7) is 4.21. The van der Waals surface area contributed by atoms with E-state index in [1.807, 2.05) is 6.07 Å². The molecule has 1 aliphatic carbocycles. The van der Waals surface area contributed by atoms with Crippen molar-refractivity contribution in [2.75, 3.05) is 14.2 Å². The number of hydrogen-bond acceptors (Lipinski definition) is 3. The van der Waals surface area contributed by atoms with Crippen molar-refractivity contribution >= 4 is 5.71 Å². The van der Waals surface area contributed by atoms with Crippen molar-refractivity contribution in [2.45, 2.75) is 32.7 Å². The van der Waals surface area contributed by atoms with Crippen molar-refractivity contribution in [1.29, 1.82) is 0 Å². The average molecular weight is 233 g/mol. The summed E-state index contributed by atoms with van der Waals surface area (Å²) in [4.78, 5) is 4.67. The Kier molecular flexibility index (Phi) is 3.36. The van der Waals surface area contributed by atoms with Crippen LogP contribution in [0.3, 0.4) is 0 Å². The second kappa shape index (κ2) is 4.78. The number of aryl methyl sites for hydroxylation is 1. The zero-order chi connectivity index (χ0) is 12.4. The Morgan fingerprint density at radius 2 is 1.71 bits per heavy atom. The van der Waals surface area contributed by atoms with Gasteiger partial charge in [0.1, 0.15) is 0 Å². The van der Waals surface area contributed by atoms with Crippen LogP contribution in [0.25, 0.3) is 0 Å². The first kappa shape index (κ1) is 12.0. The minimum Gasteiger partial charge on any atom is -0.493 e. The Labute approximate surface area is 102 Å². The molecular formula is C14H19NO2. The fourth-order valence-corrected chi connectivity index (χ4v) is 2.23. The molecule has 0 saturated carbocycles. The van der Waals surface area contributed by atoms with Crippen molar-refractivity contribution in [1.82, 2.24) is 0 Å². The van der Waals surface area contributed by atoms with Crippen LogP contribution in [0, 0.1) is 0 Å². The molecule has 0 aliphatic heterocycles. The molecule has 0 heterocycles. The molecule has 0 amide bonds. The van der Waals surface area contributed by atoms with E-state index >= 15 is 0 Å². The number of ether oxygens (including phenoxy) is 2. The molecule has 17 heavy (non-hydrogen) atoms. The van der Waals surface area contributed by atoms with Gasteiger partial charge in [-0.3, -0.25) is 4.99 Å². The highest BCUT2D eigenvalue weighted by atomic mass is 16.5. The molecule has 3 nitrogen and oxygen atoms in total. The van der Waals surface area contributed by atoms with Crippen molar-refractivity contribution in [3.63, 3.8) is 0 Å². The predicted octanol–water partition coefficient (Wildman–Crippen LogP) is 2.85. The molecule has 0 bridgehead atoms. The standard InChI is InChI=1S/C14H19NO2/c1-9(2)15-12-6-5-10-7-13(16-3)14(17-4)8-11(10)12/h7-9H,5-6H2,1-4H3/b15-12-. The fraction of sp³-hybridized carbons (Fsp3) is 0.500. The highest BCUT2D eigenvalue weighted by Crippen LogP contribution is 2.35. The third kappa shape index (κ3) is 2.28. The molecule has 0 unspecified atom stereocenters. The topological polar surface area (TPSA) is 30.8 Å². The third-order valence-corrected chi connectivity index (χ3v) is 2.97. The molecule has 3 heteroatoms. The van der Waals surface area contributed by atoms with E-state index in [0.29, 0.717) is 6.04 Å². The number of aliphatic imine (C=N–C) groups is 1. The maximum absolute atomic E-state index is 5.33. The van der Waals surface area contributed by atoms with Crippen LogP contribution in [0.2, 0.25) is 0 Å². The summed E-state index contributed by atoms with van der Waals surface area (Å²) >= 11 is 0. The lowest BCUT2D eigenvalue weighted by molar-refractivity contribution is 0.354. The molecule has 0 fully saturated rings. The largest absolute Gasteiger partial charge is 0.493 e. The lowest BCUT2D eigenvalue weighted by Crippen LogP contribution is -2.01. The predicted molar refractivity (Wildman–Crippen MR) is 69.5 cm³/mol. The quantitative estimate of drug-likeness (QED) is 0.803. The van der Waals surface area contributed by atoms with E-state index in [2.05, 4.69) is 24.9 Å². The summed E-state index contributed by atoms with van der Waals surface area (Å²) < 4.78 is 10.6. The second-order valence-electron chi connectivity index (χ2n) is 4.53. The van der Waals surface area contributed by atoms with Crippen molar-refractivity contribution in [3.05, 3.63) is 23.3 Å². The van der Waals surface area contributed by atoms with Gasteiger partial charge in [-0.05, 0) is 44.4 Å². The van der Waals surface area contributed by atoms with Crippen molar-refractivity contribution in [2.24, 2.45) is 4.99 Å². The average Bonchev–Trinajstić information content (AvgIpc) is 2.69. The number of benzene rings is 1. The molecule has 1 aromatic rings. The van der Waals surface area contributed by atoms with Gasteiger partial charge >= 0.3 is 0 Å². The summed E-state index contributed by atoms with van der Waals surface area (Å²) in [5, 5.41) is 0. The monoisotopic (exact) mass is 233 g/mol. The summed E-state index contributed by atoms with van der Waals surface area (Å²) in [6, 6.07) is 4.45. The van der Waals surface area contributed by atoms with Crippen molar-refractivity contribution < 1.29 is 9.47 Å². The molecule has 0 spiro atoms. The number of rotatable bonds is 3. The maximum atomic E-state index is 5.33. The molecule has 0 N–H and O–H groups in total. The third-order valence-electron chi connectivity index (χ3n) is 2.97. The highest BCUT2D eigenvalue weighted by molar-refractivity contribution is 6.05. The van der Waals surface area contributed by atoms with Gasteiger partial charge in [0, 0.05) is 17.3 Å². The van der Waals surface area contributed by atoms with Crippen LogP contribution in [0.1, 0.15) is 31.4 Å². The fourth-order valence-electron chi connectivity index (χ4n) is 2.23. The van der Waals surface area contributed by atoms with Crippen LogP contribution in [0.5, 0.6) is 11.5 Å². The summed E-state index contributed by atoms with van der Waals surface area (Å²) in [7, 11) is 3.33. The smallest absolute Gasteiger partial charge is 0.161 e. The van der Waals surface area contributed by atoms with Gasteiger partial charge in [-0.2, -0.15) is 0 Å². The normalized spacial score (nSPS) is 16.4. The van der Waals surface area contributed by atoms with Gasteiger partial charge in [-0.15, -0.1) is 0 Å². The maximum Gasteiger partial charge on any atom is 0.161 e. The van der Waals surface area contributed by atoms with E-state index in [1.165, 1.54) is 16.8 Å². The van der Waals surface area contributed by atoms with Gasteiger partial charge in [0.25, 0.3) is 0 Å². The first-order valence-electron chi connectivity index (χ1n) is 5.97. The van der Waals surface area contributed by atoms with E-state index in [1.54, 1.807) is 14.2 Å². The molecular weight excluding hydrogens is 214 g/mol. The van der Waals surface area contributed by atoms with Crippen LogP contribution in [-0.2, 0) is 6.42 Å². The van der Waals surface area contributed by atoms with Gasteiger partial charge in [0.05, 0.1) is 14.2 Å². The molecule has 2 rings (SSSR count). The Bertz CT molecular complexity index is 450. The van der Waals surface area contributed by atoms with E-state index in [0.717, 1.165) is 24.3 Å². The van der Waals surface area contributed by atoms with Crippen LogP contribution in [0.15, 0.2) is 17.1 Å². The SMILES string of the molecule is COc1cc2c(cc1OC)/C(=N\C(C)C)CC2. The molecule has 1 aromatic carbocycles. The van der Waals surface area contributed by atoms with Gasteiger partial charge < -0.3 is 9.47 Å². The van der Waals surface area contributed by atoms with Crippen LogP contribution in [-0.4, -0.2) is 26.0 Å². The summed E-state index contributed by atoms with van der Waals surface area (Å²) in [5.41, 5.74) is 3.72. The van der Waals surface area contributed by atoms with Crippen molar-refractivity contribution in [3.8, 4) is 11.5 Å². The Morgan fingerprint density at radius 3 is 2.29 bits per heavy atom. The van der Waals surface area contributed by atoms with Crippen LogP contribution in [0.4, 0.5) is 0 Å². The molecule has 0 radical (unpaired) electrons. The van der Waals surface area contributed by atoms with Crippen LogP contribution < -0.4 is 9.47 Å². The highest BCUT2D eigenvalue weighted by Gasteiger charge is 2.21. The number of methoxy groups -OCH3 is 2. The zero-order valence-electron chi connectivity index (χ0n) is 10.9. The molecule has 1 aliphatic rings. The lowest BCUT2D eigenvalue weighted by Gasteiger charge is -2.10. The minimum absolute atomic E-state index is 0.337. The number of nitrogens with zero attached hydrogens (tertiary/aromatic N) is 1. The Balaban J connectivity index is 2.46. The first-order chi connectivity index (χ1) is 8.15. The van der Waals surface area contributed by atoms with Gasteiger partial charge in [0.2, 0.25) is 0 Å². The molecule has 0 aromatic heterocycles. The number of fused-ring (bicyclic) bond motifs is 1. The van der Waals surface area contributed by atoms with E-state index < -0.39 is 0 Å². The number of hydrogen-bond donors (Lipinski definition) is 0. The minimum atomic E-state index is 0.337. The Morgan fingerprint density at radius 1 is 1.06 bits per heavy atom. The molecule has 0 saturated heterocycles. The van der Waals surface area contributed by atoms with E-state index in [4.69, 9.17) is 9.47 Å². The summed E-state index contributed by atoms with van der Waals surface area (Å²) in [6.07, 6.45) is 2.06. The van der Waals surface area contributed by atoms with E-state index in [9.17, 15) is 0 Å².